The van der Waals surface area contributed by atoms with Crippen LogP contribution >= 0.6 is 0 Å². The molecule has 2 aromatic heterocycles. The number of aryl methyl sites for hydroxylation is 1. The monoisotopic (exact) mass is 636 g/mol. The Morgan fingerprint density at radius 2 is 1.83 bits per heavy atom. The number of rotatable bonds is 8. The standard InChI is InChI=1S/C33H45FN8O4/c1-8-42(23-11-13-40(14-12-23)31-38-28(20(2)3)39-46-31)29(43)22-16-35-30(36-17-22)41-18-25(24-15-21(4)9-10-26(24)34)27(19-41)37-32(44)45-33(5,6)7/h9-10,15-17,20,23,25,27H,8,11-14,18-19H2,1-7H3,(H,37,44)/t25-,27+/m1/s1. The zero-order valence-electron chi connectivity index (χ0n) is 27.8. The van der Waals surface area contributed by atoms with Crippen LogP contribution in [0.4, 0.5) is 21.1 Å². The zero-order valence-corrected chi connectivity index (χ0v) is 27.8. The Labute approximate surface area is 269 Å². The third kappa shape index (κ3) is 7.56. The molecule has 248 valence electrons. The van der Waals surface area contributed by atoms with Crippen molar-refractivity contribution in [3.63, 3.8) is 0 Å². The number of halogens is 1. The molecule has 0 bridgehead atoms. The Balaban J connectivity index is 1.26. The van der Waals surface area contributed by atoms with Crippen LogP contribution in [0.25, 0.3) is 0 Å². The van der Waals surface area contributed by atoms with Crippen molar-refractivity contribution in [2.45, 2.75) is 90.8 Å². The summed E-state index contributed by atoms with van der Waals surface area (Å²) in [5, 5.41) is 7.01. The molecule has 0 radical (unpaired) electrons. The third-order valence-corrected chi connectivity index (χ3v) is 8.47. The molecule has 2 atom stereocenters. The average Bonchev–Trinajstić information content (AvgIpc) is 3.67. The lowest BCUT2D eigenvalue weighted by molar-refractivity contribution is 0.0504. The molecular weight excluding hydrogens is 591 g/mol. The highest BCUT2D eigenvalue weighted by Crippen LogP contribution is 2.32. The van der Waals surface area contributed by atoms with Crippen molar-refractivity contribution in [3.8, 4) is 0 Å². The Bertz CT molecular complexity index is 1510. The summed E-state index contributed by atoms with van der Waals surface area (Å²) in [5.74, 6) is 0.460. The summed E-state index contributed by atoms with van der Waals surface area (Å²) in [6.07, 6.45) is 4.07. The first-order valence-electron chi connectivity index (χ1n) is 16.0. The molecule has 2 fully saturated rings. The zero-order chi connectivity index (χ0) is 33.2. The number of nitrogens with zero attached hydrogens (tertiary/aromatic N) is 7. The quantitative estimate of drug-likeness (QED) is 0.358. The lowest BCUT2D eigenvalue weighted by atomic mass is 9.92. The van der Waals surface area contributed by atoms with Crippen LogP contribution in [-0.4, -0.2) is 87.4 Å². The predicted octanol–water partition coefficient (Wildman–Crippen LogP) is 5.06. The topological polar surface area (TPSA) is 130 Å². The number of carbonyl (C=O) groups excluding carboxylic acids is 2. The van der Waals surface area contributed by atoms with Crippen LogP contribution in [-0.2, 0) is 4.74 Å². The first-order chi connectivity index (χ1) is 21.8. The molecule has 3 aromatic rings. The maximum absolute atomic E-state index is 15.0. The van der Waals surface area contributed by atoms with Crippen molar-refractivity contribution in [2.75, 3.05) is 42.5 Å². The highest BCUT2D eigenvalue weighted by Gasteiger charge is 2.38. The molecule has 12 nitrogen and oxygen atoms in total. The summed E-state index contributed by atoms with van der Waals surface area (Å²) in [6.45, 7) is 16.0. The van der Waals surface area contributed by atoms with E-state index < -0.39 is 17.7 Å². The molecule has 2 aliphatic heterocycles. The summed E-state index contributed by atoms with van der Waals surface area (Å²) in [7, 11) is 0. The fraction of sp³-hybridized carbons (Fsp3) is 0.576. The van der Waals surface area contributed by atoms with Crippen LogP contribution in [0.15, 0.2) is 35.1 Å². The number of ether oxygens (including phenoxy) is 1. The minimum Gasteiger partial charge on any atom is -0.444 e. The van der Waals surface area contributed by atoms with E-state index in [0.717, 1.165) is 18.4 Å². The molecule has 0 spiro atoms. The van der Waals surface area contributed by atoms with Crippen LogP contribution in [0, 0.1) is 12.7 Å². The second-order valence-corrected chi connectivity index (χ2v) is 13.5. The van der Waals surface area contributed by atoms with E-state index >= 15 is 4.39 Å². The summed E-state index contributed by atoms with van der Waals surface area (Å²) in [6, 6.07) is 5.13. The average molecular weight is 637 g/mol. The summed E-state index contributed by atoms with van der Waals surface area (Å²) < 4.78 is 26.0. The molecular formula is C33H45FN8O4. The molecule has 0 aliphatic carbocycles. The molecule has 0 saturated carbocycles. The predicted molar refractivity (Wildman–Crippen MR) is 172 cm³/mol. The number of piperidine rings is 1. The Morgan fingerprint density at radius 3 is 2.43 bits per heavy atom. The van der Waals surface area contributed by atoms with Gasteiger partial charge in [-0.15, -0.1) is 0 Å². The van der Waals surface area contributed by atoms with Gasteiger partial charge in [0.25, 0.3) is 5.91 Å². The number of alkyl carbamates (subject to hydrolysis) is 1. The number of nitrogens with one attached hydrogen (secondary N) is 1. The van der Waals surface area contributed by atoms with E-state index in [4.69, 9.17) is 9.26 Å². The van der Waals surface area contributed by atoms with E-state index in [1.807, 2.05) is 43.6 Å². The van der Waals surface area contributed by atoms with Gasteiger partial charge in [0, 0.05) is 63.0 Å². The van der Waals surface area contributed by atoms with Gasteiger partial charge in [0.1, 0.15) is 11.4 Å². The van der Waals surface area contributed by atoms with E-state index in [1.165, 1.54) is 6.07 Å². The first kappa shape index (κ1) is 33.1. The number of carbonyl (C=O) groups is 2. The normalized spacial score (nSPS) is 19.1. The van der Waals surface area contributed by atoms with Crippen molar-refractivity contribution in [2.24, 2.45) is 0 Å². The van der Waals surface area contributed by atoms with Crippen LogP contribution in [0.5, 0.6) is 0 Å². The molecule has 1 N–H and O–H groups in total. The van der Waals surface area contributed by atoms with E-state index in [9.17, 15) is 9.59 Å². The van der Waals surface area contributed by atoms with E-state index in [1.54, 1.807) is 39.2 Å². The van der Waals surface area contributed by atoms with E-state index in [-0.39, 0.29) is 29.6 Å². The largest absolute Gasteiger partial charge is 0.444 e. The second-order valence-electron chi connectivity index (χ2n) is 13.5. The summed E-state index contributed by atoms with van der Waals surface area (Å²) >= 11 is 0. The van der Waals surface area contributed by atoms with Gasteiger partial charge in [0.05, 0.1) is 11.6 Å². The van der Waals surface area contributed by atoms with Gasteiger partial charge < -0.3 is 29.3 Å². The minimum absolute atomic E-state index is 0.0594. The lowest BCUT2D eigenvalue weighted by Crippen LogP contribution is -2.47. The Hall–Kier alpha value is -4.29. The van der Waals surface area contributed by atoms with Gasteiger partial charge in [0.15, 0.2) is 5.82 Å². The minimum atomic E-state index is -0.674. The number of hydrogen-bond acceptors (Lipinski definition) is 10. The maximum atomic E-state index is 15.0. The Morgan fingerprint density at radius 1 is 1.13 bits per heavy atom. The third-order valence-electron chi connectivity index (χ3n) is 8.47. The van der Waals surface area contributed by atoms with E-state index in [2.05, 4.69) is 30.3 Å². The second kappa shape index (κ2) is 13.6. The van der Waals surface area contributed by atoms with Crippen molar-refractivity contribution >= 4 is 24.0 Å². The van der Waals surface area contributed by atoms with Gasteiger partial charge in [-0.2, -0.15) is 4.98 Å². The van der Waals surface area contributed by atoms with Crippen molar-refractivity contribution in [1.29, 1.82) is 0 Å². The van der Waals surface area contributed by atoms with Gasteiger partial charge in [0.2, 0.25) is 5.95 Å². The molecule has 13 heteroatoms. The fourth-order valence-corrected chi connectivity index (χ4v) is 6.12. The lowest BCUT2D eigenvalue weighted by Gasteiger charge is -2.37. The molecule has 2 amide bonds. The van der Waals surface area contributed by atoms with Crippen molar-refractivity contribution in [1.82, 2.24) is 30.3 Å². The summed E-state index contributed by atoms with van der Waals surface area (Å²) in [5.41, 5.74) is 1.16. The van der Waals surface area contributed by atoms with Gasteiger partial charge in [-0.05, 0) is 59.1 Å². The number of benzene rings is 1. The highest BCUT2D eigenvalue weighted by molar-refractivity contribution is 5.94. The van der Waals surface area contributed by atoms with Gasteiger partial charge in [-0.1, -0.05) is 36.7 Å². The molecule has 0 unspecified atom stereocenters. The van der Waals surface area contributed by atoms with Crippen molar-refractivity contribution < 1.29 is 23.2 Å². The first-order valence-corrected chi connectivity index (χ1v) is 16.0. The molecule has 1 aromatic carbocycles. The smallest absolute Gasteiger partial charge is 0.407 e. The van der Waals surface area contributed by atoms with Gasteiger partial charge >= 0.3 is 12.1 Å². The van der Waals surface area contributed by atoms with E-state index in [0.29, 0.717) is 61.6 Å². The summed E-state index contributed by atoms with van der Waals surface area (Å²) in [4.78, 5) is 45.8. The maximum Gasteiger partial charge on any atom is 0.407 e. The Kier molecular flexibility index (Phi) is 9.78. The number of anilines is 2. The molecule has 2 saturated heterocycles. The molecule has 46 heavy (non-hydrogen) atoms. The SMILES string of the molecule is CCN(C(=O)c1cnc(N2C[C@H](NC(=O)OC(C)(C)C)[C@@H](c3cc(C)ccc3F)C2)nc1)C1CCN(c2nc(C(C)C)no2)CC1. The van der Waals surface area contributed by atoms with Crippen molar-refractivity contribution in [3.05, 3.63) is 58.9 Å². The van der Waals surface area contributed by atoms with Crippen LogP contribution in [0.3, 0.4) is 0 Å². The molecule has 4 heterocycles. The van der Waals surface area contributed by atoms with Crippen LogP contribution < -0.4 is 15.1 Å². The van der Waals surface area contributed by atoms with Gasteiger partial charge in [-0.25, -0.2) is 19.2 Å². The number of amides is 2. The fourth-order valence-electron chi connectivity index (χ4n) is 6.12. The molecule has 2 aliphatic rings. The van der Waals surface area contributed by atoms with Crippen LogP contribution in [0.2, 0.25) is 0 Å². The molecule has 5 rings (SSSR count). The number of aromatic nitrogens is 4. The number of hydrogen-bond donors (Lipinski definition) is 1. The highest BCUT2D eigenvalue weighted by atomic mass is 19.1. The van der Waals surface area contributed by atoms with Gasteiger partial charge in [-0.3, -0.25) is 4.79 Å². The van der Waals surface area contributed by atoms with Crippen LogP contribution in [0.1, 0.15) is 93.5 Å².